The zero-order chi connectivity index (χ0) is 33.7. The fourth-order valence-electron chi connectivity index (χ4n) is 9.14. The van der Waals surface area contributed by atoms with Crippen molar-refractivity contribution in [3.8, 4) is 0 Å². The first-order valence-electron chi connectivity index (χ1n) is 18.7. The van der Waals surface area contributed by atoms with E-state index in [9.17, 15) is 15.0 Å². The van der Waals surface area contributed by atoms with Crippen LogP contribution in [0.4, 0.5) is 0 Å². The molecule has 0 spiro atoms. The summed E-state index contributed by atoms with van der Waals surface area (Å²) in [5, 5.41) is 21.5. The second-order valence-electron chi connectivity index (χ2n) is 14.9. The molecule has 262 valence electrons. The lowest BCUT2D eigenvalue weighted by Gasteiger charge is -2.45. The number of fused-ring (bicyclic) bond motifs is 7. The summed E-state index contributed by atoms with van der Waals surface area (Å²) in [7, 11) is 3.99. The lowest BCUT2D eigenvalue weighted by atomic mass is 9.60. The van der Waals surface area contributed by atoms with E-state index in [2.05, 4.69) is 78.9 Å². The minimum absolute atomic E-state index is 0.0356. The molecule has 1 saturated carbocycles. The molecule has 1 fully saturated rings. The first-order valence-corrected chi connectivity index (χ1v) is 21.2. The predicted molar refractivity (Wildman–Crippen MR) is 205 cm³/mol. The standard InChI is InChI=1S/C42H59NO3S2/c1-30(44)40(42(45)46)41-36-22-21-35(39(41)23-24-43)26-34(18-10-4-7-15-31-13-5-2-6-14-31)38(25-32-16-8-3-9-17-32)29-48-47-28-37-20-12-11-19-33(37)27-36/h3-4,8-12,16-17,19-22,30-31,34-36,38-41,44H,2,5-7,13-15,18,23-29,43H2,1H3,(H,45,46)/t30-,34+,35-,36+,38-,39-,40-,41+/m0/s1. The maximum Gasteiger partial charge on any atom is 0.309 e. The van der Waals surface area contributed by atoms with Crippen LogP contribution in [0.5, 0.6) is 0 Å². The molecule has 6 rings (SSSR count). The van der Waals surface area contributed by atoms with Crippen LogP contribution in [-0.2, 0) is 23.4 Å². The highest BCUT2D eigenvalue weighted by Gasteiger charge is 2.46. The minimum Gasteiger partial charge on any atom is -0.481 e. The number of aliphatic hydroxyl groups excluding tert-OH is 1. The summed E-state index contributed by atoms with van der Waals surface area (Å²) in [5.41, 5.74) is 10.3. The summed E-state index contributed by atoms with van der Waals surface area (Å²) in [4.78, 5) is 12.9. The van der Waals surface area contributed by atoms with Crippen molar-refractivity contribution in [1.29, 1.82) is 0 Å². The predicted octanol–water partition coefficient (Wildman–Crippen LogP) is 9.76. The van der Waals surface area contributed by atoms with Gasteiger partial charge in [0.2, 0.25) is 0 Å². The molecule has 0 unspecified atom stereocenters. The molecule has 0 amide bonds. The molecule has 2 bridgehead atoms. The number of rotatable bonds is 12. The Morgan fingerprint density at radius 1 is 0.917 bits per heavy atom. The van der Waals surface area contributed by atoms with Gasteiger partial charge in [0.1, 0.15) is 0 Å². The largest absolute Gasteiger partial charge is 0.481 e. The summed E-state index contributed by atoms with van der Waals surface area (Å²) in [5.74, 6) is 2.32. The molecule has 8 atom stereocenters. The Kier molecular flexibility index (Phi) is 15.1. The molecular formula is C42H59NO3S2. The molecule has 48 heavy (non-hydrogen) atoms. The lowest BCUT2D eigenvalue weighted by molar-refractivity contribution is -0.151. The Labute approximate surface area is 298 Å². The van der Waals surface area contributed by atoms with Crippen LogP contribution < -0.4 is 5.73 Å². The van der Waals surface area contributed by atoms with Gasteiger partial charge in [-0.1, -0.05) is 133 Å². The van der Waals surface area contributed by atoms with Crippen LogP contribution in [-0.4, -0.2) is 34.6 Å². The molecule has 2 aliphatic carbocycles. The van der Waals surface area contributed by atoms with Crippen molar-refractivity contribution < 1.29 is 15.0 Å². The molecule has 4 nitrogen and oxygen atoms in total. The molecule has 2 aliphatic heterocycles. The Morgan fingerprint density at radius 3 is 2.38 bits per heavy atom. The van der Waals surface area contributed by atoms with Gasteiger partial charge in [0, 0.05) is 11.5 Å². The number of carboxylic acid groups (broad SMARTS) is 1. The van der Waals surface area contributed by atoms with E-state index in [1.165, 1.54) is 61.6 Å². The van der Waals surface area contributed by atoms with Gasteiger partial charge in [-0.2, -0.15) is 0 Å². The number of carboxylic acids is 1. The van der Waals surface area contributed by atoms with Gasteiger partial charge < -0.3 is 15.9 Å². The second kappa shape index (κ2) is 19.4. The van der Waals surface area contributed by atoms with E-state index < -0.39 is 18.0 Å². The molecule has 6 heteroatoms. The van der Waals surface area contributed by atoms with Crippen molar-refractivity contribution in [3.63, 3.8) is 0 Å². The van der Waals surface area contributed by atoms with Gasteiger partial charge in [-0.05, 0) is 117 Å². The molecule has 4 N–H and O–H groups in total. The van der Waals surface area contributed by atoms with Crippen LogP contribution in [0.25, 0.3) is 0 Å². The van der Waals surface area contributed by atoms with Crippen LogP contribution in [0.1, 0.15) is 87.8 Å². The summed E-state index contributed by atoms with van der Waals surface area (Å²) in [6.45, 7) is 2.19. The van der Waals surface area contributed by atoms with Gasteiger partial charge in [-0.25, -0.2) is 0 Å². The minimum atomic E-state index is -0.933. The van der Waals surface area contributed by atoms with Crippen molar-refractivity contribution in [2.24, 2.45) is 53.1 Å². The normalized spacial score (nSPS) is 28.5. The van der Waals surface area contributed by atoms with Gasteiger partial charge in [0.25, 0.3) is 0 Å². The molecule has 0 radical (unpaired) electrons. The van der Waals surface area contributed by atoms with Gasteiger partial charge in [-0.3, -0.25) is 4.79 Å². The average molecular weight is 690 g/mol. The molecule has 0 aromatic heterocycles. The number of benzene rings is 2. The first kappa shape index (κ1) is 37.3. The highest BCUT2D eigenvalue weighted by Crippen LogP contribution is 2.48. The number of allylic oxidation sites excluding steroid dienone is 4. The van der Waals surface area contributed by atoms with E-state index in [0.29, 0.717) is 18.4 Å². The Balaban J connectivity index is 1.49. The van der Waals surface area contributed by atoms with Gasteiger partial charge in [0.05, 0.1) is 12.0 Å². The summed E-state index contributed by atoms with van der Waals surface area (Å²) in [6.07, 6.45) is 22.9. The third kappa shape index (κ3) is 10.5. The molecule has 4 aliphatic rings. The Hall–Kier alpha value is -1.99. The van der Waals surface area contributed by atoms with Gasteiger partial charge in [0.15, 0.2) is 0 Å². The fourth-order valence-corrected chi connectivity index (χ4v) is 11.7. The quantitative estimate of drug-likeness (QED) is 0.152. The number of aliphatic hydroxyl groups is 1. The van der Waals surface area contributed by atoms with Crippen molar-refractivity contribution in [1.82, 2.24) is 0 Å². The van der Waals surface area contributed by atoms with Crippen LogP contribution in [0.2, 0.25) is 0 Å². The fraction of sp³-hybridized carbons (Fsp3) is 0.595. The van der Waals surface area contributed by atoms with Crippen LogP contribution in [0.3, 0.4) is 0 Å². The third-order valence-electron chi connectivity index (χ3n) is 11.7. The van der Waals surface area contributed by atoms with E-state index in [1.54, 1.807) is 6.92 Å². The van der Waals surface area contributed by atoms with Crippen molar-refractivity contribution in [3.05, 3.63) is 95.6 Å². The van der Waals surface area contributed by atoms with Crippen molar-refractivity contribution in [2.75, 3.05) is 12.3 Å². The molecule has 0 saturated heterocycles. The number of aliphatic carboxylic acids is 1. The molecule has 2 aromatic carbocycles. The summed E-state index contributed by atoms with van der Waals surface area (Å²) < 4.78 is 0. The zero-order valence-electron chi connectivity index (χ0n) is 29.0. The molecule has 2 aromatic rings. The second-order valence-corrected chi connectivity index (χ2v) is 17.4. The maximum atomic E-state index is 12.9. The Bertz CT molecular complexity index is 1310. The summed E-state index contributed by atoms with van der Waals surface area (Å²) in [6, 6.07) is 19.7. The number of hydrogen-bond donors (Lipinski definition) is 3. The van der Waals surface area contributed by atoms with E-state index in [-0.39, 0.29) is 23.7 Å². The topological polar surface area (TPSA) is 83.5 Å². The highest BCUT2D eigenvalue weighted by atomic mass is 33.1. The third-order valence-corrected chi connectivity index (χ3v) is 14.1. The number of hydrogen-bond acceptors (Lipinski definition) is 5. The Morgan fingerprint density at radius 2 is 1.65 bits per heavy atom. The zero-order valence-corrected chi connectivity index (χ0v) is 30.6. The maximum absolute atomic E-state index is 12.9. The van der Waals surface area contributed by atoms with Crippen LogP contribution in [0, 0.1) is 47.3 Å². The van der Waals surface area contributed by atoms with E-state index in [4.69, 9.17) is 5.73 Å². The van der Waals surface area contributed by atoms with Crippen LogP contribution >= 0.6 is 21.6 Å². The molecule has 2 heterocycles. The summed E-state index contributed by atoms with van der Waals surface area (Å²) >= 11 is 0. The van der Waals surface area contributed by atoms with E-state index >= 15 is 0 Å². The lowest BCUT2D eigenvalue weighted by Crippen LogP contribution is -2.46. The smallest absolute Gasteiger partial charge is 0.309 e. The van der Waals surface area contributed by atoms with Crippen molar-refractivity contribution >= 4 is 27.6 Å². The van der Waals surface area contributed by atoms with Crippen molar-refractivity contribution in [2.45, 2.75) is 95.8 Å². The SMILES string of the molecule is C[C@H](O)[C@H](C(=O)O)[C@H]1[C@@H](CCN)[C@H]2C=C[C@@H]1Cc1ccccc1CSSC[C@H](Cc1ccccc1)[C@H](CC=CCCC1CCCCC1)C2. The number of nitrogens with two attached hydrogens (primary N) is 1. The van der Waals surface area contributed by atoms with E-state index in [0.717, 1.165) is 49.5 Å². The number of carbonyl (C=O) groups is 1. The van der Waals surface area contributed by atoms with Gasteiger partial charge >= 0.3 is 5.97 Å². The molecular weight excluding hydrogens is 631 g/mol. The monoisotopic (exact) mass is 689 g/mol. The van der Waals surface area contributed by atoms with Gasteiger partial charge in [-0.15, -0.1) is 0 Å². The first-order chi connectivity index (χ1) is 23.4. The van der Waals surface area contributed by atoms with E-state index in [1.807, 2.05) is 21.6 Å². The highest BCUT2D eigenvalue weighted by molar-refractivity contribution is 8.76. The average Bonchev–Trinajstić information content (AvgIpc) is 3.08. The van der Waals surface area contributed by atoms with Crippen LogP contribution in [0.15, 0.2) is 78.9 Å².